The van der Waals surface area contributed by atoms with E-state index in [2.05, 4.69) is 22.8 Å². The number of nitrogens with one attached hydrogen (secondary N) is 2. The van der Waals surface area contributed by atoms with E-state index in [4.69, 9.17) is 4.74 Å². The van der Waals surface area contributed by atoms with Gasteiger partial charge in [-0.25, -0.2) is 0 Å². The van der Waals surface area contributed by atoms with Gasteiger partial charge in [-0.2, -0.15) is 0 Å². The van der Waals surface area contributed by atoms with Gasteiger partial charge in [-0.3, -0.25) is 4.79 Å². The molecule has 0 aliphatic carbocycles. The number of hydrogen-bond donors (Lipinski definition) is 2. The van der Waals surface area contributed by atoms with Crippen molar-refractivity contribution < 1.29 is 9.53 Å². The Balaban J connectivity index is 2.23. The highest BCUT2D eigenvalue weighted by Crippen LogP contribution is 2.28. The maximum atomic E-state index is 11.2. The van der Waals surface area contributed by atoms with Gasteiger partial charge in [-0.1, -0.05) is 30.3 Å². The fraction of sp³-hybridized carbons (Fsp3) is 0.312. The Bertz CT molecular complexity index is 596. The van der Waals surface area contributed by atoms with Crippen molar-refractivity contribution in [3.63, 3.8) is 0 Å². The third-order valence-corrected chi connectivity index (χ3v) is 3.22. The van der Waals surface area contributed by atoms with Crippen LogP contribution < -0.4 is 15.4 Å². The van der Waals surface area contributed by atoms with Crippen LogP contribution in [0.4, 0.5) is 0 Å². The zero-order valence-electron chi connectivity index (χ0n) is 11.9. The second-order valence-electron chi connectivity index (χ2n) is 4.57. The Labute approximate surface area is 119 Å². The van der Waals surface area contributed by atoms with E-state index in [1.165, 1.54) is 10.8 Å². The number of fused-ring (bicyclic) bond motifs is 1. The molecule has 2 rings (SSSR count). The Morgan fingerprint density at radius 2 is 1.95 bits per heavy atom. The molecule has 20 heavy (non-hydrogen) atoms. The van der Waals surface area contributed by atoms with E-state index >= 15 is 0 Å². The van der Waals surface area contributed by atoms with Gasteiger partial charge in [0.05, 0.1) is 13.0 Å². The van der Waals surface area contributed by atoms with E-state index in [0.717, 1.165) is 17.9 Å². The monoisotopic (exact) mass is 272 g/mol. The second kappa shape index (κ2) is 6.91. The van der Waals surface area contributed by atoms with Gasteiger partial charge < -0.3 is 15.4 Å². The number of amides is 1. The third kappa shape index (κ3) is 3.27. The lowest BCUT2D eigenvalue weighted by atomic mass is 10.0. The van der Waals surface area contributed by atoms with E-state index in [9.17, 15) is 4.79 Å². The summed E-state index contributed by atoms with van der Waals surface area (Å²) in [6, 6.07) is 12.2. The van der Waals surface area contributed by atoms with Crippen molar-refractivity contribution in [1.82, 2.24) is 10.6 Å². The van der Waals surface area contributed by atoms with Gasteiger partial charge in [0, 0.05) is 19.2 Å². The minimum Gasteiger partial charge on any atom is -0.493 e. The summed E-state index contributed by atoms with van der Waals surface area (Å²) in [5.41, 5.74) is 1.13. The van der Waals surface area contributed by atoms with Gasteiger partial charge in [0.25, 0.3) is 0 Å². The first kappa shape index (κ1) is 14.3. The molecule has 0 radical (unpaired) electrons. The smallest absolute Gasteiger partial charge is 0.223 e. The van der Waals surface area contributed by atoms with Crippen molar-refractivity contribution in [2.75, 3.05) is 20.7 Å². The molecule has 2 aromatic rings. The Morgan fingerprint density at radius 1 is 1.15 bits per heavy atom. The molecule has 0 saturated heterocycles. The average molecular weight is 272 g/mol. The molecule has 0 aliphatic heterocycles. The predicted molar refractivity (Wildman–Crippen MR) is 80.9 cm³/mol. The molecule has 2 N–H and O–H groups in total. The lowest BCUT2D eigenvalue weighted by molar-refractivity contribution is -0.121. The topological polar surface area (TPSA) is 50.4 Å². The molecule has 0 bridgehead atoms. The van der Waals surface area contributed by atoms with Crippen LogP contribution in [0.15, 0.2) is 36.4 Å². The lowest BCUT2D eigenvalue weighted by Crippen LogP contribution is -2.20. The molecule has 2 aromatic carbocycles. The Kier molecular flexibility index (Phi) is 4.96. The highest BCUT2D eigenvalue weighted by Gasteiger charge is 2.08. The van der Waals surface area contributed by atoms with Crippen molar-refractivity contribution >= 4 is 16.7 Å². The standard InChI is InChI=1S/C16H20N2O2/c1-17-11-14-13-6-4-3-5-12(13)7-8-15(14)20-10-9-16(19)18-2/h3-8,17H,9-11H2,1-2H3,(H,18,19). The first-order valence-electron chi connectivity index (χ1n) is 6.75. The summed E-state index contributed by atoms with van der Waals surface area (Å²) < 4.78 is 5.77. The molecule has 0 atom stereocenters. The van der Waals surface area contributed by atoms with Crippen LogP contribution >= 0.6 is 0 Å². The third-order valence-electron chi connectivity index (χ3n) is 3.22. The summed E-state index contributed by atoms with van der Waals surface area (Å²) >= 11 is 0. The maximum Gasteiger partial charge on any atom is 0.223 e. The second-order valence-corrected chi connectivity index (χ2v) is 4.57. The Hall–Kier alpha value is -2.07. The van der Waals surface area contributed by atoms with Crippen LogP contribution in [0.3, 0.4) is 0 Å². The molecule has 4 nitrogen and oxygen atoms in total. The van der Waals surface area contributed by atoms with Crippen LogP contribution in [0.5, 0.6) is 5.75 Å². The van der Waals surface area contributed by atoms with Crippen LogP contribution in [0.25, 0.3) is 10.8 Å². The SMILES string of the molecule is CNCc1c(OCCC(=O)NC)ccc2ccccc12. The molecule has 0 aliphatic rings. The predicted octanol–water partition coefficient (Wildman–Crippen LogP) is 2.07. The van der Waals surface area contributed by atoms with Crippen LogP contribution in [-0.2, 0) is 11.3 Å². The van der Waals surface area contributed by atoms with E-state index in [1.54, 1.807) is 7.05 Å². The molecule has 0 spiro atoms. The first-order chi connectivity index (χ1) is 9.76. The molecule has 0 unspecified atom stereocenters. The summed E-state index contributed by atoms with van der Waals surface area (Å²) in [5.74, 6) is 0.822. The van der Waals surface area contributed by atoms with Crippen LogP contribution in [0, 0.1) is 0 Å². The van der Waals surface area contributed by atoms with E-state index < -0.39 is 0 Å². The van der Waals surface area contributed by atoms with Gasteiger partial charge in [-0.15, -0.1) is 0 Å². The number of carbonyl (C=O) groups is 1. The molecule has 0 fully saturated rings. The number of rotatable bonds is 6. The van der Waals surface area contributed by atoms with Gasteiger partial charge in [0.2, 0.25) is 5.91 Å². The van der Waals surface area contributed by atoms with Crippen molar-refractivity contribution in [2.45, 2.75) is 13.0 Å². The average Bonchev–Trinajstić information content (AvgIpc) is 2.49. The van der Waals surface area contributed by atoms with Gasteiger partial charge in [0.15, 0.2) is 0 Å². The molecule has 0 aromatic heterocycles. The van der Waals surface area contributed by atoms with E-state index in [1.807, 2.05) is 31.3 Å². The van der Waals surface area contributed by atoms with Crippen LogP contribution in [-0.4, -0.2) is 26.6 Å². The number of hydrogen-bond acceptors (Lipinski definition) is 3. The number of ether oxygens (including phenoxy) is 1. The van der Waals surface area contributed by atoms with Gasteiger partial charge in [0.1, 0.15) is 5.75 Å². The highest BCUT2D eigenvalue weighted by atomic mass is 16.5. The van der Waals surface area contributed by atoms with Gasteiger partial charge in [-0.05, 0) is 23.9 Å². The molecule has 4 heteroatoms. The zero-order valence-corrected chi connectivity index (χ0v) is 11.9. The largest absolute Gasteiger partial charge is 0.493 e. The number of carbonyl (C=O) groups excluding carboxylic acids is 1. The van der Waals surface area contributed by atoms with Crippen molar-refractivity contribution in [3.05, 3.63) is 42.0 Å². The zero-order chi connectivity index (χ0) is 14.4. The molecule has 106 valence electrons. The van der Waals surface area contributed by atoms with Crippen molar-refractivity contribution in [2.24, 2.45) is 0 Å². The van der Waals surface area contributed by atoms with Gasteiger partial charge >= 0.3 is 0 Å². The summed E-state index contributed by atoms with van der Waals surface area (Å²) in [6.07, 6.45) is 0.363. The summed E-state index contributed by atoms with van der Waals surface area (Å²) in [7, 11) is 3.54. The van der Waals surface area contributed by atoms with Crippen molar-refractivity contribution in [1.29, 1.82) is 0 Å². The fourth-order valence-electron chi connectivity index (χ4n) is 2.19. The minimum atomic E-state index is -0.0130. The summed E-state index contributed by atoms with van der Waals surface area (Å²) in [5, 5.41) is 8.13. The molecular formula is C16H20N2O2. The summed E-state index contributed by atoms with van der Waals surface area (Å²) in [4.78, 5) is 11.2. The van der Waals surface area contributed by atoms with E-state index in [0.29, 0.717) is 13.0 Å². The molecule has 1 amide bonds. The van der Waals surface area contributed by atoms with E-state index in [-0.39, 0.29) is 5.91 Å². The lowest BCUT2D eigenvalue weighted by Gasteiger charge is -2.14. The minimum absolute atomic E-state index is 0.0130. The van der Waals surface area contributed by atoms with Crippen LogP contribution in [0.2, 0.25) is 0 Å². The quantitative estimate of drug-likeness (QED) is 0.846. The fourth-order valence-corrected chi connectivity index (χ4v) is 2.19. The number of benzene rings is 2. The van der Waals surface area contributed by atoms with Crippen LogP contribution in [0.1, 0.15) is 12.0 Å². The molecule has 0 saturated carbocycles. The molecular weight excluding hydrogens is 252 g/mol. The molecule has 0 heterocycles. The first-order valence-corrected chi connectivity index (χ1v) is 6.75. The summed E-state index contributed by atoms with van der Waals surface area (Å²) in [6.45, 7) is 1.12. The maximum absolute atomic E-state index is 11.2. The highest BCUT2D eigenvalue weighted by molar-refractivity contribution is 5.87. The Morgan fingerprint density at radius 3 is 2.70 bits per heavy atom. The normalized spacial score (nSPS) is 10.5. The van der Waals surface area contributed by atoms with Crippen molar-refractivity contribution in [3.8, 4) is 5.75 Å².